The Kier molecular flexibility index (Phi) is 3.52. The molecule has 0 unspecified atom stereocenters. The molecule has 0 amide bonds. The summed E-state index contributed by atoms with van der Waals surface area (Å²) in [5, 5.41) is 7.95. The van der Waals surface area contributed by atoms with Crippen molar-refractivity contribution < 1.29 is 9.47 Å². The van der Waals surface area contributed by atoms with Gasteiger partial charge in [0.2, 0.25) is 0 Å². The molecule has 1 aromatic heterocycles. The second kappa shape index (κ2) is 5.09. The standard InChI is InChI=1S/C9H16N4O2/c10-9-7-11-13(12-9)3-6-15-8-1-4-14-5-2-8/h7-8H,1-6H2,(H2,10,12). The first-order valence-electron chi connectivity index (χ1n) is 5.19. The molecule has 0 radical (unpaired) electrons. The predicted octanol–water partition coefficient (Wildman–Crippen LogP) is 0.0559. The lowest BCUT2D eigenvalue weighted by Gasteiger charge is -2.22. The number of aromatic nitrogens is 3. The van der Waals surface area contributed by atoms with Crippen LogP contribution in [0.4, 0.5) is 5.82 Å². The Labute approximate surface area is 88.3 Å². The van der Waals surface area contributed by atoms with E-state index in [0.717, 1.165) is 26.1 Å². The molecule has 6 nitrogen and oxygen atoms in total. The Morgan fingerprint density at radius 2 is 2.33 bits per heavy atom. The van der Waals surface area contributed by atoms with Crippen LogP contribution < -0.4 is 5.73 Å². The van der Waals surface area contributed by atoms with E-state index in [-0.39, 0.29) is 0 Å². The van der Waals surface area contributed by atoms with Crippen LogP contribution in [0.1, 0.15) is 12.8 Å². The number of nitrogens with two attached hydrogens (primary N) is 1. The van der Waals surface area contributed by atoms with Gasteiger partial charge in [0.1, 0.15) is 0 Å². The summed E-state index contributed by atoms with van der Waals surface area (Å²) >= 11 is 0. The van der Waals surface area contributed by atoms with E-state index in [4.69, 9.17) is 15.2 Å². The average molecular weight is 212 g/mol. The number of hydrogen-bond donors (Lipinski definition) is 1. The second-order valence-electron chi connectivity index (χ2n) is 3.55. The smallest absolute Gasteiger partial charge is 0.165 e. The second-order valence-corrected chi connectivity index (χ2v) is 3.55. The zero-order valence-corrected chi connectivity index (χ0v) is 8.63. The van der Waals surface area contributed by atoms with Crippen molar-refractivity contribution in [2.24, 2.45) is 0 Å². The van der Waals surface area contributed by atoms with Crippen molar-refractivity contribution >= 4 is 5.82 Å². The minimum Gasteiger partial charge on any atom is -0.381 e. The fourth-order valence-electron chi connectivity index (χ4n) is 1.56. The van der Waals surface area contributed by atoms with E-state index >= 15 is 0 Å². The molecular formula is C9H16N4O2. The SMILES string of the molecule is Nc1cnn(CCOC2CCOCC2)n1. The molecule has 2 rings (SSSR count). The minimum absolute atomic E-state index is 0.326. The van der Waals surface area contributed by atoms with Crippen molar-refractivity contribution in [3.05, 3.63) is 6.20 Å². The number of anilines is 1. The third kappa shape index (κ3) is 3.17. The molecule has 1 aliphatic heterocycles. The van der Waals surface area contributed by atoms with Crippen LogP contribution in [0.2, 0.25) is 0 Å². The van der Waals surface area contributed by atoms with Gasteiger partial charge < -0.3 is 15.2 Å². The third-order valence-electron chi connectivity index (χ3n) is 2.37. The first-order chi connectivity index (χ1) is 7.34. The minimum atomic E-state index is 0.326. The van der Waals surface area contributed by atoms with E-state index in [2.05, 4.69) is 10.2 Å². The molecule has 1 aliphatic rings. The van der Waals surface area contributed by atoms with Gasteiger partial charge in [-0.3, -0.25) is 0 Å². The maximum Gasteiger partial charge on any atom is 0.165 e. The Morgan fingerprint density at radius 3 is 3.00 bits per heavy atom. The van der Waals surface area contributed by atoms with Crippen LogP contribution in [0.3, 0.4) is 0 Å². The molecule has 2 N–H and O–H groups in total. The topological polar surface area (TPSA) is 75.2 Å². The monoisotopic (exact) mass is 212 g/mol. The van der Waals surface area contributed by atoms with Crippen LogP contribution in [0, 0.1) is 0 Å². The van der Waals surface area contributed by atoms with Crippen LogP contribution in [0.25, 0.3) is 0 Å². The molecule has 0 atom stereocenters. The van der Waals surface area contributed by atoms with Crippen molar-refractivity contribution in [2.45, 2.75) is 25.5 Å². The molecule has 0 bridgehead atoms. The van der Waals surface area contributed by atoms with Crippen molar-refractivity contribution in [3.63, 3.8) is 0 Å². The lowest BCUT2D eigenvalue weighted by molar-refractivity contribution is -0.0351. The number of nitrogen functional groups attached to an aromatic ring is 1. The van der Waals surface area contributed by atoms with Gasteiger partial charge in [-0.1, -0.05) is 0 Å². The van der Waals surface area contributed by atoms with E-state index < -0.39 is 0 Å². The van der Waals surface area contributed by atoms with Gasteiger partial charge >= 0.3 is 0 Å². The van der Waals surface area contributed by atoms with Gasteiger partial charge in [0.25, 0.3) is 0 Å². The maximum absolute atomic E-state index is 5.67. The third-order valence-corrected chi connectivity index (χ3v) is 2.37. The number of hydrogen-bond acceptors (Lipinski definition) is 5. The summed E-state index contributed by atoms with van der Waals surface area (Å²) in [6.07, 6.45) is 3.82. The molecule has 15 heavy (non-hydrogen) atoms. The van der Waals surface area contributed by atoms with Crippen molar-refractivity contribution in [1.82, 2.24) is 15.0 Å². The quantitative estimate of drug-likeness (QED) is 0.763. The molecule has 2 heterocycles. The van der Waals surface area contributed by atoms with E-state index in [9.17, 15) is 0 Å². The molecule has 1 saturated heterocycles. The molecule has 1 aromatic rings. The molecule has 0 aliphatic carbocycles. The number of nitrogens with zero attached hydrogens (tertiary/aromatic N) is 3. The van der Waals surface area contributed by atoms with E-state index in [1.54, 1.807) is 4.80 Å². The normalized spacial score (nSPS) is 18.1. The Hall–Kier alpha value is -1.14. The van der Waals surface area contributed by atoms with Crippen molar-refractivity contribution in [2.75, 3.05) is 25.6 Å². The van der Waals surface area contributed by atoms with E-state index in [1.165, 1.54) is 6.20 Å². The lowest BCUT2D eigenvalue weighted by atomic mass is 10.2. The van der Waals surface area contributed by atoms with Gasteiger partial charge in [-0.05, 0) is 12.8 Å². The summed E-state index contributed by atoms with van der Waals surface area (Å²) in [6.45, 7) is 2.88. The molecule has 6 heteroatoms. The summed E-state index contributed by atoms with van der Waals surface area (Å²) in [5.41, 5.74) is 5.44. The molecule has 0 saturated carbocycles. The molecular weight excluding hydrogens is 196 g/mol. The highest BCUT2D eigenvalue weighted by Gasteiger charge is 2.13. The van der Waals surface area contributed by atoms with Crippen LogP contribution >= 0.6 is 0 Å². The molecule has 84 valence electrons. The first kappa shape index (κ1) is 10.4. The highest BCUT2D eigenvalue weighted by Crippen LogP contribution is 2.10. The molecule has 1 fully saturated rings. The fourth-order valence-corrected chi connectivity index (χ4v) is 1.56. The summed E-state index contributed by atoms with van der Waals surface area (Å²) in [4.78, 5) is 1.55. The van der Waals surface area contributed by atoms with Gasteiger partial charge in [-0.2, -0.15) is 9.90 Å². The van der Waals surface area contributed by atoms with E-state index in [0.29, 0.717) is 25.1 Å². The molecule has 0 aromatic carbocycles. The Morgan fingerprint density at radius 1 is 1.53 bits per heavy atom. The number of ether oxygens (including phenoxy) is 2. The van der Waals surface area contributed by atoms with Crippen LogP contribution in [-0.4, -0.2) is 40.9 Å². The summed E-state index contributed by atoms with van der Waals surface area (Å²) in [5.74, 6) is 0.445. The lowest BCUT2D eigenvalue weighted by Crippen LogP contribution is -2.25. The largest absolute Gasteiger partial charge is 0.381 e. The van der Waals surface area contributed by atoms with Crippen molar-refractivity contribution in [3.8, 4) is 0 Å². The summed E-state index contributed by atoms with van der Waals surface area (Å²) in [6, 6.07) is 0. The van der Waals surface area contributed by atoms with E-state index in [1.807, 2.05) is 0 Å². The Bertz CT molecular complexity index is 296. The molecule has 0 spiro atoms. The summed E-state index contributed by atoms with van der Waals surface area (Å²) in [7, 11) is 0. The Balaban J connectivity index is 1.65. The highest BCUT2D eigenvalue weighted by molar-refractivity contribution is 5.19. The fraction of sp³-hybridized carbons (Fsp3) is 0.778. The first-order valence-corrected chi connectivity index (χ1v) is 5.19. The van der Waals surface area contributed by atoms with Crippen LogP contribution in [0.15, 0.2) is 6.20 Å². The van der Waals surface area contributed by atoms with Crippen LogP contribution in [0.5, 0.6) is 0 Å². The predicted molar refractivity (Wildman–Crippen MR) is 54.2 cm³/mol. The zero-order chi connectivity index (χ0) is 10.5. The zero-order valence-electron chi connectivity index (χ0n) is 8.63. The average Bonchev–Trinajstić information content (AvgIpc) is 2.66. The number of rotatable bonds is 4. The highest BCUT2D eigenvalue weighted by atomic mass is 16.5. The van der Waals surface area contributed by atoms with Gasteiger partial charge in [0, 0.05) is 13.2 Å². The summed E-state index contributed by atoms with van der Waals surface area (Å²) < 4.78 is 10.9. The van der Waals surface area contributed by atoms with Gasteiger partial charge in [-0.15, -0.1) is 5.10 Å². The maximum atomic E-state index is 5.67. The van der Waals surface area contributed by atoms with Gasteiger partial charge in [0.05, 0.1) is 25.5 Å². The van der Waals surface area contributed by atoms with Crippen molar-refractivity contribution in [1.29, 1.82) is 0 Å². The van der Waals surface area contributed by atoms with Gasteiger partial charge in [0.15, 0.2) is 5.82 Å². The van der Waals surface area contributed by atoms with Crippen LogP contribution in [-0.2, 0) is 16.0 Å². The van der Waals surface area contributed by atoms with Gasteiger partial charge in [-0.25, -0.2) is 0 Å².